The number of carbonyl (C=O) groups is 1. The van der Waals surface area contributed by atoms with Crippen LogP contribution in [0.25, 0.3) is 5.65 Å². The monoisotopic (exact) mass is 392 g/mol. The van der Waals surface area contributed by atoms with Crippen LogP contribution in [0.2, 0.25) is 0 Å². The number of aromatic nitrogens is 2. The number of amides is 2. The van der Waals surface area contributed by atoms with Crippen molar-refractivity contribution < 1.29 is 22.7 Å². The van der Waals surface area contributed by atoms with Crippen molar-refractivity contribution in [2.45, 2.75) is 20.2 Å². The topological polar surface area (TPSA) is 84.7 Å². The minimum atomic E-state index is -4.80. The van der Waals surface area contributed by atoms with E-state index in [1.807, 2.05) is 13.0 Å². The summed E-state index contributed by atoms with van der Waals surface area (Å²) in [5.74, 6) is -0.415. The molecule has 0 saturated carbocycles. The molecule has 0 aliphatic carbocycles. The molecular formula is C18H15F3N4O3. The molecule has 0 aliphatic rings. The van der Waals surface area contributed by atoms with Crippen LogP contribution in [-0.4, -0.2) is 21.8 Å². The molecular weight excluding hydrogens is 377 g/mol. The zero-order valence-corrected chi connectivity index (χ0v) is 14.8. The molecule has 0 saturated heterocycles. The van der Waals surface area contributed by atoms with Gasteiger partial charge < -0.3 is 15.4 Å². The van der Waals surface area contributed by atoms with E-state index >= 15 is 0 Å². The number of carbonyl (C=O) groups excluding carboxylic acids is 1. The number of hydrogen-bond acceptors (Lipinski definition) is 4. The first-order chi connectivity index (χ1) is 13.1. The van der Waals surface area contributed by atoms with Gasteiger partial charge in [-0.05, 0) is 49.7 Å². The number of fused-ring (bicyclic) bond motifs is 1. The number of ether oxygens (including phenoxy) is 1. The third-order valence-corrected chi connectivity index (χ3v) is 3.74. The van der Waals surface area contributed by atoms with Crippen molar-refractivity contribution in [1.29, 1.82) is 0 Å². The Kier molecular flexibility index (Phi) is 4.95. The van der Waals surface area contributed by atoms with Crippen LogP contribution in [0.4, 0.5) is 29.3 Å². The van der Waals surface area contributed by atoms with Gasteiger partial charge in [0.2, 0.25) is 0 Å². The summed E-state index contributed by atoms with van der Waals surface area (Å²) >= 11 is 0. The molecule has 0 bridgehead atoms. The molecule has 7 nitrogen and oxygen atoms in total. The second kappa shape index (κ2) is 7.22. The average molecular weight is 392 g/mol. The van der Waals surface area contributed by atoms with Crippen LogP contribution in [0.3, 0.4) is 0 Å². The highest BCUT2D eigenvalue weighted by Gasteiger charge is 2.30. The van der Waals surface area contributed by atoms with Gasteiger partial charge in [-0.15, -0.1) is 13.2 Å². The fraction of sp³-hybridized carbons (Fsp3) is 0.167. The van der Waals surface area contributed by atoms with Crippen molar-refractivity contribution in [2.24, 2.45) is 0 Å². The maximum Gasteiger partial charge on any atom is 0.573 e. The molecule has 2 N–H and O–H groups in total. The lowest BCUT2D eigenvalue weighted by molar-refractivity contribution is -0.274. The second-order valence-electron chi connectivity index (χ2n) is 5.96. The van der Waals surface area contributed by atoms with Gasteiger partial charge in [0.1, 0.15) is 17.1 Å². The summed E-state index contributed by atoms with van der Waals surface area (Å²) in [5.41, 5.74) is 1.39. The number of nitrogens with zero attached hydrogens (tertiary/aromatic N) is 2. The highest BCUT2D eigenvalue weighted by Crippen LogP contribution is 2.24. The van der Waals surface area contributed by atoms with Crippen LogP contribution in [0.5, 0.6) is 5.75 Å². The molecule has 0 atom stereocenters. The Hall–Kier alpha value is -3.56. The number of pyridine rings is 1. The number of nitrogens with one attached hydrogen (secondary N) is 2. The van der Waals surface area contributed by atoms with E-state index in [-0.39, 0.29) is 11.4 Å². The lowest BCUT2D eigenvalue weighted by Crippen LogP contribution is -2.27. The predicted molar refractivity (Wildman–Crippen MR) is 96.7 cm³/mol. The number of rotatable bonds is 3. The van der Waals surface area contributed by atoms with Crippen LogP contribution in [0.15, 0.2) is 47.4 Å². The first kappa shape index (κ1) is 19.2. The molecule has 0 radical (unpaired) electrons. The van der Waals surface area contributed by atoms with E-state index < -0.39 is 23.7 Å². The van der Waals surface area contributed by atoms with E-state index in [4.69, 9.17) is 0 Å². The average Bonchev–Trinajstić information content (AvgIpc) is 2.60. The van der Waals surface area contributed by atoms with Crippen LogP contribution >= 0.6 is 0 Å². The lowest BCUT2D eigenvalue weighted by Gasteiger charge is -2.12. The Balaban J connectivity index is 1.77. The number of hydrogen-bond donors (Lipinski definition) is 2. The molecule has 2 aromatic heterocycles. The number of anilines is 2. The Bertz CT molecular complexity index is 1090. The van der Waals surface area contributed by atoms with Gasteiger partial charge in [0.05, 0.1) is 5.69 Å². The van der Waals surface area contributed by atoms with Crippen LogP contribution in [-0.2, 0) is 0 Å². The quantitative estimate of drug-likeness (QED) is 0.709. The fourth-order valence-electron chi connectivity index (χ4n) is 2.52. The Labute approximate surface area is 156 Å². The molecule has 2 amide bonds. The molecule has 0 spiro atoms. The summed E-state index contributed by atoms with van der Waals surface area (Å²) < 4.78 is 41.6. The highest BCUT2D eigenvalue weighted by molar-refractivity contribution is 6.00. The van der Waals surface area contributed by atoms with Gasteiger partial charge in [0, 0.05) is 11.9 Å². The number of halogens is 3. The fourth-order valence-corrected chi connectivity index (χ4v) is 2.52. The van der Waals surface area contributed by atoms with Crippen molar-refractivity contribution in [3.63, 3.8) is 0 Å². The summed E-state index contributed by atoms with van der Waals surface area (Å²) in [6, 6.07) is 7.36. The van der Waals surface area contributed by atoms with Gasteiger partial charge in [-0.25, -0.2) is 9.78 Å². The van der Waals surface area contributed by atoms with Gasteiger partial charge in [0.25, 0.3) is 5.56 Å². The molecule has 28 heavy (non-hydrogen) atoms. The first-order valence-corrected chi connectivity index (χ1v) is 8.06. The predicted octanol–water partition coefficient (Wildman–Crippen LogP) is 3.85. The smallest absolute Gasteiger partial charge is 0.406 e. The summed E-state index contributed by atoms with van der Waals surface area (Å²) in [4.78, 5) is 29.1. The minimum absolute atomic E-state index is 0.00220. The van der Waals surface area contributed by atoms with Crippen LogP contribution in [0, 0.1) is 13.8 Å². The summed E-state index contributed by atoms with van der Waals surface area (Å²) in [6.45, 7) is 3.40. The van der Waals surface area contributed by atoms with Crippen molar-refractivity contribution in [3.8, 4) is 5.75 Å². The molecule has 3 rings (SSSR count). The third kappa shape index (κ3) is 4.40. The van der Waals surface area contributed by atoms with Gasteiger partial charge in [-0.3, -0.25) is 9.20 Å². The molecule has 0 aliphatic heterocycles. The number of benzene rings is 1. The van der Waals surface area contributed by atoms with E-state index in [0.717, 1.165) is 17.7 Å². The van der Waals surface area contributed by atoms with Gasteiger partial charge in [-0.1, -0.05) is 6.07 Å². The standard InChI is InChI=1S/C18H15F3N4O3/c1-10-3-8-14-22-11(2)15(16(26)25(14)9-10)24-17(27)23-12-4-6-13(7-5-12)28-18(19,20)21/h3-9H,1-2H3,(H2,23,24,27). The number of aryl methyl sites for hydroxylation is 2. The molecule has 0 unspecified atom stereocenters. The zero-order valence-electron chi connectivity index (χ0n) is 14.8. The summed E-state index contributed by atoms with van der Waals surface area (Å²) in [6.07, 6.45) is -3.19. The maximum atomic E-state index is 12.6. The Morgan fingerprint density at radius 1 is 1.07 bits per heavy atom. The first-order valence-electron chi connectivity index (χ1n) is 8.06. The number of urea groups is 1. The van der Waals surface area contributed by atoms with Gasteiger partial charge >= 0.3 is 12.4 Å². The molecule has 146 valence electrons. The summed E-state index contributed by atoms with van der Waals surface area (Å²) in [7, 11) is 0. The third-order valence-electron chi connectivity index (χ3n) is 3.74. The van der Waals surface area contributed by atoms with Gasteiger partial charge in [0.15, 0.2) is 0 Å². The van der Waals surface area contributed by atoms with Crippen molar-refractivity contribution in [1.82, 2.24) is 9.38 Å². The van der Waals surface area contributed by atoms with Crippen molar-refractivity contribution >= 4 is 23.1 Å². The van der Waals surface area contributed by atoms with E-state index in [1.165, 1.54) is 16.5 Å². The Morgan fingerprint density at radius 3 is 2.39 bits per heavy atom. The van der Waals surface area contributed by atoms with E-state index in [9.17, 15) is 22.8 Å². The minimum Gasteiger partial charge on any atom is -0.406 e. The molecule has 10 heteroatoms. The maximum absolute atomic E-state index is 12.6. The van der Waals surface area contributed by atoms with Crippen molar-refractivity contribution in [3.05, 3.63) is 64.2 Å². The van der Waals surface area contributed by atoms with E-state index in [2.05, 4.69) is 20.4 Å². The van der Waals surface area contributed by atoms with Gasteiger partial charge in [-0.2, -0.15) is 0 Å². The van der Waals surface area contributed by atoms with E-state index in [1.54, 1.807) is 19.2 Å². The van der Waals surface area contributed by atoms with E-state index in [0.29, 0.717) is 11.3 Å². The molecule has 0 fully saturated rings. The zero-order chi connectivity index (χ0) is 20.5. The molecule has 2 heterocycles. The van der Waals surface area contributed by atoms with Crippen LogP contribution < -0.4 is 20.9 Å². The molecule has 1 aromatic carbocycles. The SMILES string of the molecule is Cc1ccc2nc(C)c(NC(=O)Nc3ccc(OC(F)(F)F)cc3)c(=O)n2c1. The largest absolute Gasteiger partial charge is 0.573 e. The number of alkyl halides is 3. The Morgan fingerprint density at radius 2 is 1.75 bits per heavy atom. The van der Waals surface area contributed by atoms with Crippen molar-refractivity contribution in [2.75, 3.05) is 10.6 Å². The lowest BCUT2D eigenvalue weighted by atomic mass is 10.3. The van der Waals surface area contributed by atoms with Crippen LogP contribution in [0.1, 0.15) is 11.3 Å². The highest BCUT2D eigenvalue weighted by atomic mass is 19.4. The second-order valence-corrected chi connectivity index (χ2v) is 5.96. The normalized spacial score (nSPS) is 11.3. The summed E-state index contributed by atoms with van der Waals surface area (Å²) in [5, 5.41) is 4.87. The molecule has 3 aromatic rings.